The van der Waals surface area contributed by atoms with Crippen LogP contribution in [0.2, 0.25) is 0 Å². The van der Waals surface area contributed by atoms with E-state index in [1.807, 2.05) is 0 Å². The third kappa shape index (κ3) is 2.00. The lowest BCUT2D eigenvalue weighted by Crippen LogP contribution is -2.43. The van der Waals surface area contributed by atoms with E-state index >= 15 is 0 Å². The molecule has 100 valence electrons. The fraction of sp³-hybridized carbons (Fsp3) is 0.786. The summed E-state index contributed by atoms with van der Waals surface area (Å²) < 4.78 is 0. The van der Waals surface area contributed by atoms with Crippen molar-refractivity contribution >= 4 is 11.3 Å². The highest BCUT2D eigenvalue weighted by Crippen LogP contribution is 2.41. The number of rotatable bonds is 3. The summed E-state index contributed by atoms with van der Waals surface area (Å²) in [5.41, 5.74) is 1.57. The molecule has 0 spiro atoms. The van der Waals surface area contributed by atoms with Crippen molar-refractivity contribution in [3.63, 3.8) is 0 Å². The molecule has 0 bridgehead atoms. The Balaban J connectivity index is 1.73. The van der Waals surface area contributed by atoms with Crippen LogP contribution >= 0.6 is 11.3 Å². The minimum absolute atomic E-state index is 0.310. The van der Waals surface area contributed by atoms with Gasteiger partial charge in [0, 0.05) is 30.6 Å². The monoisotopic (exact) mass is 265 g/mol. The number of fused-ring (bicyclic) bond motifs is 1. The van der Waals surface area contributed by atoms with Crippen LogP contribution in [0.15, 0.2) is 5.38 Å². The average Bonchev–Trinajstić information content (AvgIpc) is 3.00. The lowest BCUT2D eigenvalue weighted by molar-refractivity contribution is 0.130. The Morgan fingerprint density at radius 3 is 3.00 bits per heavy atom. The second-order valence-corrected chi connectivity index (χ2v) is 7.09. The normalized spacial score (nSPS) is 30.8. The number of likely N-dealkylation sites (tertiary alicyclic amines) is 1. The quantitative estimate of drug-likeness (QED) is 0.907. The zero-order chi connectivity index (χ0) is 12.8. The molecule has 3 heterocycles. The second kappa shape index (κ2) is 4.58. The Morgan fingerprint density at radius 1 is 1.50 bits per heavy atom. The highest BCUT2D eigenvalue weighted by molar-refractivity contribution is 7.09. The number of thiazole rings is 1. The van der Waals surface area contributed by atoms with Gasteiger partial charge in [-0.15, -0.1) is 11.3 Å². The molecule has 2 aliphatic rings. The van der Waals surface area contributed by atoms with Crippen LogP contribution in [-0.4, -0.2) is 35.1 Å². The van der Waals surface area contributed by atoms with E-state index in [0.717, 1.165) is 24.8 Å². The largest absolute Gasteiger partial charge is 0.316 e. The summed E-state index contributed by atoms with van der Waals surface area (Å²) >= 11 is 1.80. The van der Waals surface area contributed by atoms with E-state index in [-0.39, 0.29) is 0 Å². The molecule has 1 aromatic heterocycles. The van der Waals surface area contributed by atoms with Gasteiger partial charge in [0.2, 0.25) is 0 Å². The maximum Gasteiger partial charge on any atom is 0.0926 e. The molecule has 0 amide bonds. The number of aromatic nitrogens is 1. The first-order valence-corrected chi connectivity index (χ1v) is 7.88. The van der Waals surface area contributed by atoms with E-state index in [9.17, 15) is 0 Å². The molecule has 0 saturated carbocycles. The van der Waals surface area contributed by atoms with Crippen molar-refractivity contribution < 1.29 is 0 Å². The van der Waals surface area contributed by atoms with Crippen molar-refractivity contribution in [2.45, 2.75) is 39.3 Å². The molecule has 18 heavy (non-hydrogen) atoms. The first-order chi connectivity index (χ1) is 8.61. The zero-order valence-electron chi connectivity index (χ0n) is 11.6. The molecule has 1 aromatic rings. The van der Waals surface area contributed by atoms with Crippen molar-refractivity contribution in [3.05, 3.63) is 16.1 Å². The van der Waals surface area contributed by atoms with Crippen LogP contribution in [0.25, 0.3) is 0 Å². The van der Waals surface area contributed by atoms with Gasteiger partial charge in [-0.3, -0.25) is 4.90 Å². The average molecular weight is 265 g/mol. The number of nitrogens with one attached hydrogen (secondary N) is 1. The molecule has 2 aliphatic heterocycles. The molecular formula is C14H23N3S. The van der Waals surface area contributed by atoms with Crippen LogP contribution in [0.5, 0.6) is 0 Å². The van der Waals surface area contributed by atoms with E-state index in [2.05, 4.69) is 36.4 Å². The van der Waals surface area contributed by atoms with Gasteiger partial charge in [0.05, 0.1) is 10.7 Å². The Kier molecular flexibility index (Phi) is 3.20. The van der Waals surface area contributed by atoms with Gasteiger partial charge in [-0.05, 0) is 38.6 Å². The molecule has 1 N–H and O–H groups in total. The Labute approximate surface area is 114 Å². The third-order valence-corrected chi connectivity index (χ3v) is 5.81. The van der Waals surface area contributed by atoms with Gasteiger partial charge in [0.25, 0.3) is 0 Å². The van der Waals surface area contributed by atoms with Crippen LogP contribution in [0.1, 0.15) is 31.5 Å². The van der Waals surface area contributed by atoms with Gasteiger partial charge < -0.3 is 5.32 Å². The van der Waals surface area contributed by atoms with Crippen molar-refractivity contribution in [2.24, 2.45) is 11.8 Å². The van der Waals surface area contributed by atoms with Crippen LogP contribution in [0.3, 0.4) is 0 Å². The molecule has 2 unspecified atom stereocenters. The lowest BCUT2D eigenvalue weighted by Gasteiger charge is -2.35. The SMILES string of the molecule is CCc1nc(CN2CC3CNCC3C2(C)C)cs1. The minimum atomic E-state index is 0.310. The fourth-order valence-corrected chi connectivity index (χ4v) is 4.29. The van der Waals surface area contributed by atoms with Crippen molar-refractivity contribution in [3.8, 4) is 0 Å². The van der Waals surface area contributed by atoms with E-state index in [0.29, 0.717) is 5.54 Å². The van der Waals surface area contributed by atoms with Gasteiger partial charge in [-0.25, -0.2) is 4.98 Å². The van der Waals surface area contributed by atoms with Gasteiger partial charge in [0.15, 0.2) is 0 Å². The highest BCUT2D eigenvalue weighted by atomic mass is 32.1. The maximum atomic E-state index is 4.71. The fourth-order valence-electron chi connectivity index (χ4n) is 3.55. The number of hydrogen-bond donors (Lipinski definition) is 1. The van der Waals surface area contributed by atoms with Crippen molar-refractivity contribution in [1.29, 1.82) is 0 Å². The molecule has 0 aliphatic carbocycles. The minimum Gasteiger partial charge on any atom is -0.316 e. The second-order valence-electron chi connectivity index (χ2n) is 6.15. The lowest BCUT2D eigenvalue weighted by atomic mass is 9.85. The Hall–Kier alpha value is -0.450. The highest BCUT2D eigenvalue weighted by Gasteiger charge is 2.49. The van der Waals surface area contributed by atoms with E-state index in [4.69, 9.17) is 4.98 Å². The molecule has 2 fully saturated rings. The predicted molar refractivity (Wildman–Crippen MR) is 75.8 cm³/mol. The van der Waals surface area contributed by atoms with Gasteiger partial charge in [0.1, 0.15) is 0 Å². The Morgan fingerprint density at radius 2 is 2.33 bits per heavy atom. The van der Waals surface area contributed by atoms with Gasteiger partial charge in [-0.1, -0.05) is 6.92 Å². The standard InChI is InChI=1S/C14H23N3S/c1-4-13-16-11(9-18-13)8-17-7-10-5-15-6-12(10)14(17,2)3/h9-10,12,15H,4-8H2,1-3H3. The van der Waals surface area contributed by atoms with Crippen LogP contribution in [-0.2, 0) is 13.0 Å². The van der Waals surface area contributed by atoms with Gasteiger partial charge >= 0.3 is 0 Å². The number of hydrogen-bond acceptors (Lipinski definition) is 4. The topological polar surface area (TPSA) is 28.2 Å². The van der Waals surface area contributed by atoms with Gasteiger partial charge in [-0.2, -0.15) is 0 Å². The number of nitrogens with zero attached hydrogens (tertiary/aromatic N) is 2. The summed E-state index contributed by atoms with van der Waals surface area (Å²) in [6, 6.07) is 0. The molecule has 3 rings (SSSR count). The smallest absolute Gasteiger partial charge is 0.0926 e. The van der Waals surface area contributed by atoms with Crippen molar-refractivity contribution in [2.75, 3.05) is 19.6 Å². The van der Waals surface area contributed by atoms with E-state index in [1.165, 1.54) is 30.3 Å². The van der Waals surface area contributed by atoms with Crippen LogP contribution in [0, 0.1) is 11.8 Å². The van der Waals surface area contributed by atoms with Crippen LogP contribution < -0.4 is 5.32 Å². The summed E-state index contributed by atoms with van der Waals surface area (Å²) in [6.45, 7) is 11.6. The molecule has 0 aromatic carbocycles. The maximum absolute atomic E-state index is 4.71. The van der Waals surface area contributed by atoms with E-state index < -0.39 is 0 Å². The molecule has 3 nitrogen and oxygen atoms in total. The zero-order valence-corrected chi connectivity index (χ0v) is 12.4. The summed E-state index contributed by atoms with van der Waals surface area (Å²) in [5, 5.41) is 7.04. The molecule has 4 heteroatoms. The summed E-state index contributed by atoms with van der Waals surface area (Å²) in [7, 11) is 0. The Bertz CT molecular complexity index is 426. The number of aryl methyl sites for hydroxylation is 1. The first-order valence-electron chi connectivity index (χ1n) is 7.00. The van der Waals surface area contributed by atoms with Crippen LogP contribution in [0.4, 0.5) is 0 Å². The molecular weight excluding hydrogens is 242 g/mol. The van der Waals surface area contributed by atoms with E-state index in [1.54, 1.807) is 11.3 Å². The molecule has 2 saturated heterocycles. The van der Waals surface area contributed by atoms with Crippen molar-refractivity contribution in [1.82, 2.24) is 15.2 Å². The summed E-state index contributed by atoms with van der Waals surface area (Å²) in [5.74, 6) is 1.64. The predicted octanol–water partition coefficient (Wildman–Crippen LogP) is 2.14. The molecule has 2 atom stereocenters. The third-order valence-electron chi connectivity index (χ3n) is 4.77. The molecule has 0 radical (unpaired) electrons. The first kappa shape index (κ1) is 12.6. The summed E-state index contributed by atoms with van der Waals surface area (Å²) in [6.07, 6.45) is 1.06. The summed E-state index contributed by atoms with van der Waals surface area (Å²) in [4.78, 5) is 7.35.